The molecule has 0 radical (unpaired) electrons. The van der Waals surface area contributed by atoms with E-state index in [1.54, 1.807) is 0 Å². The van der Waals surface area contributed by atoms with Crippen molar-refractivity contribution < 1.29 is 67.0 Å². The Morgan fingerprint density at radius 2 is 1.04 bits per heavy atom. The largest absolute Gasteiger partial charge is 0.478 e. The molecule has 0 aliphatic carbocycles. The molecule has 0 unspecified atom stereocenters. The fourth-order valence-electron chi connectivity index (χ4n) is 1.67. The number of halogens is 13. The molecule has 0 rings (SSSR count). The minimum atomic E-state index is -7.94. The average Bonchev–Trinajstić information content (AvgIpc) is 2.49. The summed E-state index contributed by atoms with van der Waals surface area (Å²) < 4.78 is 167. The van der Waals surface area contributed by atoms with Gasteiger partial charge in [-0.2, -0.15) is 57.1 Å². The Labute approximate surface area is 148 Å². The summed E-state index contributed by atoms with van der Waals surface area (Å²) in [5.74, 6) is -38.8. The van der Waals surface area contributed by atoms with E-state index < -0.39 is 65.7 Å². The lowest BCUT2D eigenvalue weighted by molar-refractivity contribution is -0.440. The van der Waals surface area contributed by atoms with Gasteiger partial charge in [0.25, 0.3) is 0 Å². The van der Waals surface area contributed by atoms with Crippen LogP contribution in [0.1, 0.15) is 26.7 Å². The van der Waals surface area contributed by atoms with Crippen molar-refractivity contribution in [3.63, 3.8) is 0 Å². The fraction of sp³-hybridized carbons (Fsp3) is 0.769. The van der Waals surface area contributed by atoms with Crippen LogP contribution in [0.4, 0.5) is 57.1 Å². The molecular weight excluding hydrogens is 435 g/mol. The number of rotatable bonds is 8. The first-order valence-electron chi connectivity index (χ1n) is 6.84. The van der Waals surface area contributed by atoms with E-state index in [-0.39, 0.29) is 0 Å². The summed E-state index contributed by atoms with van der Waals surface area (Å²) in [6, 6.07) is 0. The van der Waals surface area contributed by atoms with Crippen molar-refractivity contribution in [2.24, 2.45) is 0 Å². The quantitative estimate of drug-likeness (QED) is 0.371. The number of hydrogen-bond donors (Lipinski definition) is 1. The van der Waals surface area contributed by atoms with Crippen LogP contribution in [0.15, 0.2) is 11.1 Å². The number of carboxylic acid groups (broad SMARTS) is 1. The average molecular weight is 446 g/mol. The first kappa shape index (κ1) is 26.3. The van der Waals surface area contributed by atoms with Crippen LogP contribution in [0.5, 0.6) is 0 Å². The lowest BCUT2D eigenvalue weighted by Gasteiger charge is -2.39. The molecule has 0 fully saturated rings. The highest BCUT2D eigenvalue weighted by Gasteiger charge is 2.90. The predicted octanol–water partition coefficient (Wildman–Crippen LogP) is 5.93. The van der Waals surface area contributed by atoms with Crippen LogP contribution in [0.2, 0.25) is 0 Å². The van der Waals surface area contributed by atoms with Crippen LogP contribution in [-0.2, 0) is 4.79 Å². The molecule has 0 spiro atoms. The molecule has 0 amide bonds. The highest BCUT2D eigenvalue weighted by molar-refractivity contribution is 5.86. The summed E-state index contributed by atoms with van der Waals surface area (Å²) in [6.45, 7) is 1.57. The van der Waals surface area contributed by atoms with E-state index in [2.05, 4.69) is 0 Å². The predicted molar refractivity (Wildman–Crippen MR) is 66.0 cm³/mol. The standard InChI is InChI=1S/C13H11F13O2/c1-5(6(2)7(27)28)3-4-8(14,15)9(16,17)10(18,19)11(20,21)12(22,23)13(24,25)26/h3-4H2,1-2H3,(H,27,28)/b6-5+. The minimum Gasteiger partial charge on any atom is -0.478 e. The van der Waals surface area contributed by atoms with Crippen LogP contribution in [0.3, 0.4) is 0 Å². The van der Waals surface area contributed by atoms with Crippen molar-refractivity contribution in [3.8, 4) is 0 Å². The molecule has 0 bridgehead atoms. The van der Waals surface area contributed by atoms with Crippen LogP contribution >= 0.6 is 0 Å². The molecule has 166 valence electrons. The molecule has 1 N–H and O–H groups in total. The Hall–Kier alpha value is -1.70. The van der Waals surface area contributed by atoms with Gasteiger partial charge in [-0.3, -0.25) is 0 Å². The highest BCUT2D eigenvalue weighted by atomic mass is 19.4. The van der Waals surface area contributed by atoms with Gasteiger partial charge in [0.1, 0.15) is 0 Å². The lowest BCUT2D eigenvalue weighted by Crippen LogP contribution is -2.70. The topological polar surface area (TPSA) is 37.3 Å². The lowest BCUT2D eigenvalue weighted by atomic mass is 9.91. The Morgan fingerprint density at radius 1 is 0.679 bits per heavy atom. The number of hydrogen-bond acceptors (Lipinski definition) is 1. The SMILES string of the molecule is C/C(CCC(F)(F)C(F)(F)C(F)(F)C(F)(F)C(F)(F)C(F)(F)F)=C(/C)C(=O)O. The maximum absolute atomic E-state index is 13.5. The second kappa shape index (κ2) is 7.28. The molecule has 0 aromatic carbocycles. The van der Waals surface area contributed by atoms with E-state index in [1.165, 1.54) is 0 Å². The fourth-order valence-corrected chi connectivity index (χ4v) is 1.67. The Bertz CT molecular complexity index is 631. The van der Waals surface area contributed by atoms with Gasteiger partial charge in [-0.1, -0.05) is 5.57 Å². The van der Waals surface area contributed by atoms with Crippen molar-refractivity contribution in [3.05, 3.63) is 11.1 Å². The summed E-state index contributed by atoms with van der Waals surface area (Å²) in [4.78, 5) is 10.6. The second-order valence-electron chi connectivity index (χ2n) is 5.71. The summed E-state index contributed by atoms with van der Waals surface area (Å²) in [5, 5.41) is 8.54. The third-order valence-corrected chi connectivity index (χ3v) is 3.77. The monoisotopic (exact) mass is 446 g/mol. The van der Waals surface area contributed by atoms with E-state index in [1.807, 2.05) is 0 Å². The Balaban J connectivity index is 6.06. The van der Waals surface area contributed by atoms with Crippen molar-refractivity contribution >= 4 is 5.97 Å². The minimum absolute atomic E-state index is 0.585. The van der Waals surface area contributed by atoms with E-state index >= 15 is 0 Å². The van der Waals surface area contributed by atoms with E-state index in [9.17, 15) is 61.9 Å². The van der Waals surface area contributed by atoms with Gasteiger partial charge < -0.3 is 5.11 Å². The molecule has 15 heteroatoms. The van der Waals surface area contributed by atoms with Crippen LogP contribution in [0.25, 0.3) is 0 Å². The Morgan fingerprint density at radius 3 is 1.36 bits per heavy atom. The van der Waals surface area contributed by atoms with Crippen LogP contribution in [-0.4, -0.2) is 46.9 Å². The van der Waals surface area contributed by atoms with Crippen molar-refractivity contribution in [2.75, 3.05) is 0 Å². The Kier molecular flexibility index (Phi) is 6.84. The van der Waals surface area contributed by atoms with Gasteiger partial charge in [-0.25, -0.2) is 4.79 Å². The summed E-state index contributed by atoms with van der Waals surface area (Å²) in [7, 11) is 0. The van der Waals surface area contributed by atoms with Crippen molar-refractivity contribution in [1.82, 2.24) is 0 Å². The molecule has 0 aromatic rings. The van der Waals surface area contributed by atoms with Gasteiger partial charge in [0.2, 0.25) is 0 Å². The highest BCUT2D eigenvalue weighted by Crippen LogP contribution is 2.60. The normalized spacial score (nSPS) is 16.1. The zero-order valence-corrected chi connectivity index (χ0v) is 13.7. The molecule has 0 heterocycles. The summed E-state index contributed by atoms with van der Waals surface area (Å²) in [5.41, 5.74) is -1.28. The third kappa shape index (κ3) is 4.02. The second-order valence-corrected chi connectivity index (χ2v) is 5.71. The van der Waals surface area contributed by atoms with Gasteiger partial charge >= 0.3 is 41.8 Å². The van der Waals surface area contributed by atoms with Gasteiger partial charge in [0, 0.05) is 12.0 Å². The van der Waals surface area contributed by atoms with E-state index in [0.717, 1.165) is 13.8 Å². The molecule has 2 nitrogen and oxygen atoms in total. The maximum atomic E-state index is 13.5. The molecule has 0 atom stereocenters. The maximum Gasteiger partial charge on any atom is 0.460 e. The number of carbonyl (C=O) groups is 1. The summed E-state index contributed by atoms with van der Waals surface area (Å²) in [6.07, 6.45) is -11.3. The van der Waals surface area contributed by atoms with E-state index in [0.29, 0.717) is 0 Å². The number of allylic oxidation sites excluding steroid dienone is 1. The van der Waals surface area contributed by atoms with Gasteiger partial charge in [0.05, 0.1) is 0 Å². The zero-order valence-electron chi connectivity index (χ0n) is 13.7. The summed E-state index contributed by atoms with van der Waals surface area (Å²) >= 11 is 0. The third-order valence-electron chi connectivity index (χ3n) is 3.77. The van der Waals surface area contributed by atoms with Crippen LogP contribution in [0, 0.1) is 0 Å². The molecule has 0 saturated heterocycles. The van der Waals surface area contributed by atoms with Gasteiger partial charge in [0.15, 0.2) is 0 Å². The number of carboxylic acids is 1. The zero-order chi connectivity index (χ0) is 23.1. The smallest absolute Gasteiger partial charge is 0.460 e. The molecule has 0 saturated carbocycles. The first-order valence-corrected chi connectivity index (χ1v) is 6.84. The number of aliphatic carboxylic acids is 1. The van der Waals surface area contributed by atoms with Crippen molar-refractivity contribution in [1.29, 1.82) is 0 Å². The molecule has 28 heavy (non-hydrogen) atoms. The number of alkyl halides is 13. The van der Waals surface area contributed by atoms with Crippen molar-refractivity contribution in [2.45, 2.75) is 62.5 Å². The molecular formula is C13H11F13O2. The van der Waals surface area contributed by atoms with Crippen LogP contribution < -0.4 is 0 Å². The first-order chi connectivity index (χ1) is 12.0. The van der Waals surface area contributed by atoms with Gasteiger partial charge in [-0.15, -0.1) is 0 Å². The van der Waals surface area contributed by atoms with E-state index in [4.69, 9.17) is 5.11 Å². The molecule has 0 aliphatic heterocycles. The van der Waals surface area contributed by atoms with Gasteiger partial charge in [-0.05, 0) is 20.3 Å². The molecule has 0 aromatic heterocycles. The molecule has 0 aliphatic rings.